The maximum absolute atomic E-state index is 12.5. The molecule has 2 unspecified atom stereocenters. The topological polar surface area (TPSA) is 61.4 Å². The lowest BCUT2D eigenvalue weighted by molar-refractivity contribution is 0.188. The molecule has 0 saturated carbocycles. The summed E-state index contributed by atoms with van der Waals surface area (Å²) in [4.78, 5) is 2.55. The van der Waals surface area contributed by atoms with Crippen LogP contribution in [0.15, 0.2) is 29.2 Å². The van der Waals surface area contributed by atoms with E-state index in [4.69, 9.17) is 0 Å². The van der Waals surface area contributed by atoms with E-state index in [1.165, 1.54) is 0 Å². The van der Waals surface area contributed by atoms with E-state index >= 15 is 0 Å². The van der Waals surface area contributed by atoms with Crippen molar-refractivity contribution in [2.24, 2.45) is 5.92 Å². The molecule has 2 N–H and O–H groups in total. The third-order valence-corrected chi connectivity index (χ3v) is 5.41. The number of nitrogens with zero attached hydrogens (tertiary/aromatic N) is 1. The molecule has 1 aromatic carbocycles. The van der Waals surface area contributed by atoms with Gasteiger partial charge >= 0.3 is 0 Å². The highest BCUT2D eigenvalue weighted by molar-refractivity contribution is 7.89. The monoisotopic (exact) mass is 297 g/mol. The second-order valence-electron chi connectivity index (χ2n) is 5.50. The molecule has 0 aliphatic carbocycles. The molecule has 1 fully saturated rings. The van der Waals surface area contributed by atoms with Gasteiger partial charge in [0, 0.05) is 19.6 Å². The number of para-hydroxylation sites is 1. The molecule has 1 aliphatic heterocycles. The molecule has 2 rings (SSSR count). The Balaban J connectivity index is 2.19. The first-order valence-corrected chi connectivity index (χ1v) is 8.40. The van der Waals surface area contributed by atoms with Gasteiger partial charge in [-0.1, -0.05) is 19.1 Å². The van der Waals surface area contributed by atoms with Crippen LogP contribution in [0.3, 0.4) is 0 Å². The number of sulfonamides is 1. The van der Waals surface area contributed by atoms with Gasteiger partial charge in [0.25, 0.3) is 0 Å². The highest BCUT2D eigenvalue weighted by Gasteiger charge is 2.29. The Morgan fingerprint density at radius 2 is 2.00 bits per heavy atom. The molecule has 0 aromatic heterocycles. The molecule has 1 aliphatic rings. The second kappa shape index (κ2) is 6.11. The Kier molecular flexibility index (Phi) is 4.67. The van der Waals surface area contributed by atoms with Crippen LogP contribution in [0.5, 0.6) is 0 Å². The van der Waals surface area contributed by atoms with Gasteiger partial charge in [0.05, 0.1) is 5.69 Å². The lowest BCUT2D eigenvalue weighted by Crippen LogP contribution is -2.48. The molecule has 5 nitrogen and oxygen atoms in total. The van der Waals surface area contributed by atoms with Gasteiger partial charge in [-0.05, 0) is 38.1 Å². The van der Waals surface area contributed by atoms with Crippen LogP contribution in [0.1, 0.15) is 13.3 Å². The third-order valence-electron chi connectivity index (χ3n) is 3.86. The largest absolute Gasteiger partial charge is 0.387 e. The Morgan fingerprint density at radius 1 is 1.30 bits per heavy atom. The summed E-state index contributed by atoms with van der Waals surface area (Å²) in [7, 11) is 0.312. The van der Waals surface area contributed by atoms with E-state index in [-0.39, 0.29) is 6.04 Å². The van der Waals surface area contributed by atoms with E-state index in [0.717, 1.165) is 19.5 Å². The predicted octanol–water partition coefficient (Wildman–Crippen LogP) is 1.35. The molecular weight excluding hydrogens is 274 g/mol. The summed E-state index contributed by atoms with van der Waals surface area (Å²) in [5.41, 5.74) is 0.626. The summed E-state index contributed by atoms with van der Waals surface area (Å²) in [6.07, 6.45) is 0.846. The zero-order valence-corrected chi connectivity index (χ0v) is 13.1. The zero-order valence-electron chi connectivity index (χ0n) is 12.3. The summed E-state index contributed by atoms with van der Waals surface area (Å²) in [6.45, 7) is 3.93. The number of nitrogens with one attached hydrogen (secondary N) is 2. The van der Waals surface area contributed by atoms with Crippen molar-refractivity contribution in [1.29, 1.82) is 0 Å². The van der Waals surface area contributed by atoms with Crippen molar-refractivity contribution in [2.75, 3.05) is 32.5 Å². The highest BCUT2D eigenvalue weighted by Crippen LogP contribution is 2.23. The quantitative estimate of drug-likeness (QED) is 0.880. The molecular formula is C14H23N3O2S. The minimum atomic E-state index is -3.48. The van der Waals surface area contributed by atoms with Crippen molar-refractivity contribution in [2.45, 2.75) is 24.3 Å². The van der Waals surface area contributed by atoms with Crippen molar-refractivity contribution in [1.82, 2.24) is 9.62 Å². The third kappa shape index (κ3) is 3.31. The minimum absolute atomic E-state index is 0.00103. The van der Waals surface area contributed by atoms with Crippen LogP contribution in [-0.4, -0.2) is 46.5 Å². The molecule has 1 aromatic rings. The van der Waals surface area contributed by atoms with E-state index in [0.29, 0.717) is 16.5 Å². The number of hydrogen-bond acceptors (Lipinski definition) is 4. The fourth-order valence-electron chi connectivity index (χ4n) is 2.70. The van der Waals surface area contributed by atoms with Crippen LogP contribution >= 0.6 is 0 Å². The SMILES string of the molecule is CNc1ccccc1S(=O)(=O)NC1CCN(C)CC1C. The molecule has 1 heterocycles. The number of anilines is 1. The molecule has 0 amide bonds. The van der Waals surface area contributed by atoms with Crippen molar-refractivity contribution in [3.63, 3.8) is 0 Å². The van der Waals surface area contributed by atoms with Gasteiger partial charge in [-0.3, -0.25) is 0 Å². The number of rotatable bonds is 4. The van der Waals surface area contributed by atoms with E-state index in [2.05, 4.69) is 28.9 Å². The smallest absolute Gasteiger partial charge is 0.242 e. The van der Waals surface area contributed by atoms with Crippen molar-refractivity contribution < 1.29 is 8.42 Å². The van der Waals surface area contributed by atoms with Crippen LogP contribution in [-0.2, 0) is 10.0 Å². The van der Waals surface area contributed by atoms with Crippen LogP contribution in [0.25, 0.3) is 0 Å². The van der Waals surface area contributed by atoms with Crippen LogP contribution < -0.4 is 10.0 Å². The molecule has 0 bridgehead atoms. The lowest BCUT2D eigenvalue weighted by atomic mass is 9.95. The maximum atomic E-state index is 12.5. The fraction of sp³-hybridized carbons (Fsp3) is 0.571. The Hall–Kier alpha value is -1.11. The van der Waals surface area contributed by atoms with Crippen LogP contribution in [0.4, 0.5) is 5.69 Å². The van der Waals surface area contributed by atoms with Gasteiger partial charge in [0.1, 0.15) is 4.90 Å². The van der Waals surface area contributed by atoms with E-state index < -0.39 is 10.0 Å². The van der Waals surface area contributed by atoms with Crippen molar-refractivity contribution in [3.05, 3.63) is 24.3 Å². The van der Waals surface area contributed by atoms with Gasteiger partial charge in [-0.2, -0.15) is 0 Å². The number of hydrogen-bond donors (Lipinski definition) is 2. The van der Waals surface area contributed by atoms with Crippen LogP contribution in [0, 0.1) is 5.92 Å². The van der Waals surface area contributed by atoms with Gasteiger partial charge in [-0.15, -0.1) is 0 Å². The van der Waals surface area contributed by atoms with E-state index in [9.17, 15) is 8.42 Å². The first-order chi connectivity index (χ1) is 9.44. The predicted molar refractivity (Wildman–Crippen MR) is 81.4 cm³/mol. The summed E-state index contributed by atoms with van der Waals surface area (Å²) >= 11 is 0. The molecule has 112 valence electrons. The standard InChI is InChI=1S/C14H23N3O2S/c1-11-10-17(3)9-8-12(11)16-20(18,19)14-7-5-4-6-13(14)15-2/h4-7,11-12,15-16H,8-10H2,1-3H3. The normalized spacial score (nSPS) is 24.6. The first kappa shape index (κ1) is 15.3. The number of benzene rings is 1. The Morgan fingerprint density at radius 3 is 2.65 bits per heavy atom. The minimum Gasteiger partial charge on any atom is -0.387 e. The molecule has 0 spiro atoms. The van der Waals surface area contributed by atoms with Gasteiger partial charge in [0.2, 0.25) is 10.0 Å². The van der Waals surface area contributed by atoms with E-state index in [1.807, 2.05) is 6.07 Å². The average molecular weight is 297 g/mol. The summed E-state index contributed by atoms with van der Waals surface area (Å²) < 4.78 is 27.9. The zero-order chi connectivity index (χ0) is 14.8. The highest BCUT2D eigenvalue weighted by atomic mass is 32.2. The number of piperidine rings is 1. The summed E-state index contributed by atoms with van der Waals surface area (Å²) in [5, 5.41) is 2.93. The summed E-state index contributed by atoms with van der Waals surface area (Å²) in [5.74, 6) is 0.310. The lowest BCUT2D eigenvalue weighted by Gasteiger charge is -2.35. The van der Waals surface area contributed by atoms with Crippen LogP contribution in [0.2, 0.25) is 0 Å². The average Bonchev–Trinajstić information content (AvgIpc) is 2.42. The molecule has 2 atom stereocenters. The second-order valence-corrected chi connectivity index (χ2v) is 7.18. The van der Waals surface area contributed by atoms with Gasteiger partial charge in [-0.25, -0.2) is 13.1 Å². The molecule has 6 heteroatoms. The maximum Gasteiger partial charge on any atom is 0.242 e. The Bertz CT molecular complexity index is 559. The fourth-order valence-corrected chi connectivity index (χ4v) is 4.29. The van der Waals surface area contributed by atoms with E-state index in [1.54, 1.807) is 25.2 Å². The van der Waals surface area contributed by atoms with Gasteiger partial charge in [0.15, 0.2) is 0 Å². The summed E-state index contributed by atoms with van der Waals surface area (Å²) in [6, 6.07) is 6.97. The molecule has 1 saturated heterocycles. The Labute approximate surface area is 121 Å². The molecule has 20 heavy (non-hydrogen) atoms. The van der Waals surface area contributed by atoms with Gasteiger partial charge < -0.3 is 10.2 Å². The number of likely N-dealkylation sites (tertiary alicyclic amines) is 1. The first-order valence-electron chi connectivity index (χ1n) is 6.91. The van der Waals surface area contributed by atoms with Crippen molar-refractivity contribution >= 4 is 15.7 Å². The van der Waals surface area contributed by atoms with Crippen molar-refractivity contribution in [3.8, 4) is 0 Å². The molecule has 0 radical (unpaired) electrons.